The maximum Gasteiger partial charge on any atom is 0.248 e. The number of hydrogen-bond acceptors (Lipinski definition) is 12. The van der Waals surface area contributed by atoms with Gasteiger partial charge in [-0.1, -0.05) is 36.3 Å². The largest absolute Gasteiger partial charge is 0.395 e. The summed E-state index contributed by atoms with van der Waals surface area (Å²) in [5.41, 5.74) is 7.88. The molecule has 3 atom stereocenters. The molecule has 3 rings (SSSR count). The van der Waals surface area contributed by atoms with Crippen molar-refractivity contribution in [1.29, 1.82) is 5.41 Å². The van der Waals surface area contributed by atoms with E-state index in [1.165, 1.54) is 5.56 Å². The van der Waals surface area contributed by atoms with E-state index in [-0.39, 0.29) is 49.4 Å². The van der Waals surface area contributed by atoms with E-state index in [1.807, 2.05) is 23.1 Å². The number of carbonyl (C=O) groups excluding carboxylic acids is 1. The van der Waals surface area contributed by atoms with Crippen LogP contribution in [0.3, 0.4) is 0 Å². The van der Waals surface area contributed by atoms with Crippen LogP contribution in [0, 0.1) is 23.7 Å². The van der Waals surface area contributed by atoms with Crippen molar-refractivity contribution in [1.82, 2.24) is 29.8 Å². The number of terminal acetylenes is 1. The van der Waals surface area contributed by atoms with Crippen LogP contribution >= 0.6 is 0 Å². The number of amides is 1. The lowest BCUT2D eigenvalue weighted by Gasteiger charge is -2.38. The minimum atomic E-state index is -2.54. The average Bonchev–Trinajstić information content (AvgIpc) is 3.28. The predicted octanol–water partition coefficient (Wildman–Crippen LogP) is 4.57. The van der Waals surface area contributed by atoms with Gasteiger partial charge in [-0.15, -0.1) is 6.42 Å². The topological polar surface area (TPSA) is 152 Å². The van der Waals surface area contributed by atoms with E-state index in [0.29, 0.717) is 110 Å². The van der Waals surface area contributed by atoms with Crippen LogP contribution in [0.4, 0.5) is 8.78 Å². The number of ether oxygens (including phenoxy) is 4. The predicted molar refractivity (Wildman–Crippen MR) is 255 cm³/mol. The number of rotatable bonds is 36. The average molecular weight is 921 g/mol. The first-order valence-electron chi connectivity index (χ1n) is 24.4. The van der Waals surface area contributed by atoms with Crippen molar-refractivity contribution in [3.63, 3.8) is 0 Å². The van der Waals surface area contributed by atoms with Crippen molar-refractivity contribution >= 4 is 11.7 Å². The lowest BCUT2D eigenvalue weighted by Crippen LogP contribution is -2.52. The Hall–Kier alpha value is -2.82. The number of alkyl halides is 2. The molecule has 372 valence electrons. The molecule has 2 aliphatic rings. The molecule has 65 heavy (non-hydrogen) atoms. The second-order valence-corrected chi connectivity index (χ2v) is 18.0. The van der Waals surface area contributed by atoms with Crippen LogP contribution in [0.1, 0.15) is 89.5 Å². The molecule has 0 radical (unpaired) electrons. The van der Waals surface area contributed by atoms with Gasteiger partial charge < -0.3 is 54.7 Å². The number of aliphatic hydroxyl groups is 1. The fourth-order valence-corrected chi connectivity index (χ4v) is 9.18. The van der Waals surface area contributed by atoms with Crippen LogP contribution in [0.5, 0.6) is 0 Å². The van der Waals surface area contributed by atoms with Crippen molar-refractivity contribution in [2.24, 2.45) is 11.7 Å². The Labute approximate surface area is 390 Å². The smallest absolute Gasteiger partial charge is 0.248 e. The van der Waals surface area contributed by atoms with Crippen LogP contribution < -0.4 is 11.1 Å². The van der Waals surface area contributed by atoms with E-state index in [4.69, 9.17) is 36.5 Å². The van der Waals surface area contributed by atoms with Crippen molar-refractivity contribution in [2.75, 3.05) is 145 Å². The van der Waals surface area contributed by atoms with Crippen molar-refractivity contribution < 1.29 is 37.6 Å². The summed E-state index contributed by atoms with van der Waals surface area (Å²) in [7, 11) is 2.08. The lowest BCUT2D eigenvalue weighted by atomic mass is 9.74. The summed E-state index contributed by atoms with van der Waals surface area (Å²) in [6.07, 6.45) is 10.1. The van der Waals surface area contributed by atoms with E-state index < -0.39 is 5.92 Å². The normalized spacial score (nSPS) is 17.5. The van der Waals surface area contributed by atoms with Crippen molar-refractivity contribution in [2.45, 2.75) is 102 Å². The molecule has 1 aromatic rings. The Kier molecular flexibility index (Phi) is 29.2. The Bertz CT molecular complexity index is 1430. The molecule has 0 spiro atoms. The lowest BCUT2D eigenvalue weighted by molar-refractivity contribution is -0.121. The van der Waals surface area contributed by atoms with Gasteiger partial charge in [-0.3, -0.25) is 15.1 Å². The van der Waals surface area contributed by atoms with Gasteiger partial charge in [0.25, 0.3) is 0 Å². The first-order chi connectivity index (χ1) is 31.4. The summed E-state index contributed by atoms with van der Waals surface area (Å²) < 4.78 is 49.9. The van der Waals surface area contributed by atoms with Crippen LogP contribution in [0.25, 0.3) is 0 Å². The Balaban J connectivity index is 1.23. The highest BCUT2D eigenvalue weighted by atomic mass is 19.3. The quantitative estimate of drug-likeness (QED) is 0.0246. The monoisotopic (exact) mass is 921 g/mol. The maximum absolute atomic E-state index is 14.0. The zero-order chi connectivity index (χ0) is 47.1. The van der Waals surface area contributed by atoms with E-state index >= 15 is 0 Å². The number of amidine groups is 1. The van der Waals surface area contributed by atoms with Gasteiger partial charge in [-0.25, -0.2) is 8.78 Å². The molecule has 1 heterocycles. The van der Waals surface area contributed by atoms with E-state index in [2.05, 4.69) is 56.9 Å². The van der Waals surface area contributed by atoms with Gasteiger partial charge in [0, 0.05) is 77.7 Å². The molecule has 3 unspecified atom stereocenters. The van der Waals surface area contributed by atoms with Crippen LogP contribution in [0.15, 0.2) is 30.3 Å². The number of benzene rings is 1. The van der Waals surface area contributed by atoms with Gasteiger partial charge >= 0.3 is 0 Å². The number of aliphatic hydroxyl groups excluding tert-OH is 1. The standard InChI is InChI=1S/C49H86F2N8O6/c1-5-33-62-35-37-64-39-40-65-38-36-63-34-31-58-28-26-57(27-29-58)24-11-23-56(30-32-60)22-10-21-54-48(61)15-9-14-47(53)59(43(3)52)42(2)41-55(4)25-18-46(44-12-7-6-8-13-44)45-16-19-49(50,51)20-17-45/h1,6-8,12-13,42,45-47,52,60H,9-11,14-41,53H2,2-4H3,(H,54,61). The van der Waals surface area contributed by atoms with Crippen molar-refractivity contribution in [3.8, 4) is 12.3 Å². The highest BCUT2D eigenvalue weighted by Gasteiger charge is 2.38. The van der Waals surface area contributed by atoms with E-state index in [1.54, 1.807) is 6.92 Å². The molecular formula is C49H86F2N8O6. The van der Waals surface area contributed by atoms with Gasteiger partial charge in [0.05, 0.1) is 64.9 Å². The molecule has 1 aliphatic heterocycles. The highest BCUT2D eigenvalue weighted by molar-refractivity contribution is 5.77. The molecule has 5 N–H and O–H groups in total. The molecule has 0 bridgehead atoms. The number of halogens is 2. The second kappa shape index (κ2) is 33.6. The third-order valence-corrected chi connectivity index (χ3v) is 12.7. The number of nitrogens with two attached hydrogens (primary N) is 1. The SMILES string of the molecule is C#CCOCCOCCOCCOCCN1CCN(CCCN(CCO)CCCNC(=O)CCCC(N)N(C(C)=N)C(C)CN(C)CCC(c2ccccc2)C2CCC(F)(F)CC2)CC1. The first-order valence-corrected chi connectivity index (χ1v) is 24.4. The number of piperazine rings is 1. The molecule has 14 nitrogen and oxygen atoms in total. The summed E-state index contributed by atoms with van der Waals surface area (Å²) in [5, 5.41) is 21.3. The van der Waals surface area contributed by atoms with Crippen LogP contribution in [-0.4, -0.2) is 205 Å². The molecule has 1 aromatic carbocycles. The summed E-state index contributed by atoms with van der Waals surface area (Å²) in [6, 6.07) is 10.3. The minimum absolute atomic E-state index is 0.00289. The highest BCUT2D eigenvalue weighted by Crippen LogP contribution is 2.43. The fraction of sp³-hybridized carbons (Fsp3) is 0.796. The summed E-state index contributed by atoms with van der Waals surface area (Å²) in [5.74, 6) is 0.753. The molecule has 1 saturated carbocycles. The van der Waals surface area contributed by atoms with Gasteiger partial charge in [-0.2, -0.15) is 0 Å². The summed E-state index contributed by atoms with van der Waals surface area (Å²) >= 11 is 0. The molecule has 1 amide bonds. The van der Waals surface area contributed by atoms with Crippen molar-refractivity contribution in [3.05, 3.63) is 35.9 Å². The van der Waals surface area contributed by atoms with E-state index in [9.17, 15) is 18.7 Å². The first kappa shape index (κ1) is 56.5. The van der Waals surface area contributed by atoms with Gasteiger partial charge in [0.2, 0.25) is 11.8 Å². The number of likely N-dealkylation sites (N-methyl/N-ethyl adjacent to an activating group) is 1. The number of carbonyl (C=O) groups is 1. The zero-order valence-electron chi connectivity index (χ0n) is 40.3. The Morgan fingerprint density at radius 3 is 2.12 bits per heavy atom. The number of nitrogens with one attached hydrogen (secondary N) is 2. The Morgan fingerprint density at radius 1 is 0.908 bits per heavy atom. The molecule has 1 saturated heterocycles. The molecular weight excluding hydrogens is 835 g/mol. The van der Waals surface area contributed by atoms with E-state index in [0.717, 1.165) is 78.2 Å². The third-order valence-electron chi connectivity index (χ3n) is 12.7. The second-order valence-electron chi connectivity index (χ2n) is 18.0. The van der Waals surface area contributed by atoms with Crippen LogP contribution in [-0.2, 0) is 23.7 Å². The Morgan fingerprint density at radius 2 is 1.51 bits per heavy atom. The minimum Gasteiger partial charge on any atom is -0.395 e. The van der Waals surface area contributed by atoms with Gasteiger partial charge in [-0.05, 0) is 109 Å². The maximum atomic E-state index is 14.0. The number of nitrogens with zero attached hydrogens (tertiary/aromatic N) is 5. The number of hydrogen-bond donors (Lipinski definition) is 4. The van der Waals surface area contributed by atoms with Gasteiger partial charge in [0.15, 0.2) is 0 Å². The molecule has 2 fully saturated rings. The van der Waals surface area contributed by atoms with Gasteiger partial charge in [0.1, 0.15) is 6.61 Å². The molecule has 0 aromatic heterocycles. The molecule has 1 aliphatic carbocycles. The summed E-state index contributed by atoms with van der Waals surface area (Å²) in [4.78, 5) is 24.2. The molecule has 16 heteroatoms. The zero-order valence-corrected chi connectivity index (χ0v) is 40.3. The van der Waals surface area contributed by atoms with Crippen LogP contribution in [0.2, 0.25) is 0 Å². The third kappa shape index (κ3) is 24.7. The summed E-state index contributed by atoms with van der Waals surface area (Å²) in [6.45, 7) is 18.6. The fourth-order valence-electron chi connectivity index (χ4n) is 9.18.